The van der Waals surface area contributed by atoms with Gasteiger partial charge in [0.25, 0.3) is 0 Å². The molecule has 1 unspecified atom stereocenters. The Labute approximate surface area is 92.8 Å². The zero-order valence-corrected chi connectivity index (χ0v) is 9.74. The SMILES string of the molecule is OCc1cnc(CC2CCCSC2)s1. The van der Waals surface area contributed by atoms with Crippen LogP contribution >= 0.6 is 23.1 Å². The third-order valence-electron chi connectivity index (χ3n) is 2.48. The van der Waals surface area contributed by atoms with E-state index in [0.29, 0.717) is 0 Å². The van der Waals surface area contributed by atoms with Crippen molar-refractivity contribution >= 4 is 23.1 Å². The van der Waals surface area contributed by atoms with E-state index in [1.54, 1.807) is 17.5 Å². The second kappa shape index (κ2) is 5.14. The molecule has 1 aliphatic rings. The van der Waals surface area contributed by atoms with Crippen molar-refractivity contribution in [1.29, 1.82) is 0 Å². The Balaban J connectivity index is 1.89. The van der Waals surface area contributed by atoms with Gasteiger partial charge in [0.1, 0.15) is 0 Å². The average Bonchev–Trinajstić information content (AvgIpc) is 2.67. The van der Waals surface area contributed by atoms with Gasteiger partial charge < -0.3 is 5.11 Å². The van der Waals surface area contributed by atoms with Gasteiger partial charge in [0.05, 0.1) is 16.5 Å². The first-order valence-electron chi connectivity index (χ1n) is 5.00. The van der Waals surface area contributed by atoms with Crippen LogP contribution in [0.1, 0.15) is 22.7 Å². The quantitative estimate of drug-likeness (QED) is 0.863. The predicted molar refractivity (Wildman–Crippen MR) is 61.8 cm³/mol. The number of aromatic nitrogens is 1. The first kappa shape index (κ1) is 10.5. The number of aliphatic hydroxyl groups is 1. The van der Waals surface area contributed by atoms with Gasteiger partial charge in [-0.15, -0.1) is 11.3 Å². The largest absolute Gasteiger partial charge is 0.391 e. The Morgan fingerprint density at radius 2 is 2.50 bits per heavy atom. The van der Waals surface area contributed by atoms with E-state index in [9.17, 15) is 0 Å². The number of rotatable bonds is 3. The summed E-state index contributed by atoms with van der Waals surface area (Å²) in [5, 5.41) is 10.1. The van der Waals surface area contributed by atoms with Crippen LogP contribution in [-0.2, 0) is 13.0 Å². The summed E-state index contributed by atoms with van der Waals surface area (Å²) >= 11 is 3.72. The maximum absolute atomic E-state index is 8.92. The van der Waals surface area contributed by atoms with E-state index in [1.165, 1.54) is 29.4 Å². The summed E-state index contributed by atoms with van der Waals surface area (Å²) in [4.78, 5) is 5.32. The van der Waals surface area contributed by atoms with Crippen molar-refractivity contribution in [2.75, 3.05) is 11.5 Å². The summed E-state index contributed by atoms with van der Waals surface area (Å²) in [7, 11) is 0. The Kier molecular flexibility index (Phi) is 3.84. The zero-order chi connectivity index (χ0) is 9.80. The summed E-state index contributed by atoms with van der Waals surface area (Å²) in [5.74, 6) is 3.43. The van der Waals surface area contributed by atoms with Crippen LogP contribution < -0.4 is 0 Å². The fraction of sp³-hybridized carbons (Fsp3) is 0.700. The summed E-state index contributed by atoms with van der Waals surface area (Å²) in [6.07, 6.45) is 5.61. The number of aliphatic hydroxyl groups excluding tert-OH is 1. The molecule has 4 heteroatoms. The fourth-order valence-corrected chi connectivity index (χ4v) is 3.78. The highest BCUT2D eigenvalue weighted by Gasteiger charge is 2.15. The number of thioether (sulfide) groups is 1. The lowest BCUT2D eigenvalue weighted by atomic mass is 10.0. The Morgan fingerprint density at radius 1 is 1.57 bits per heavy atom. The van der Waals surface area contributed by atoms with Gasteiger partial charge in [0.15, 0.2) is 0 Å². The molecule has 0 spiro atoms. The zero-order valence-electron chi connectivity index (χ0n) is 8.11. The molecule has 14 heavy (non-hydrogen) atoms. The van der Waals surface area contributed by atoms with Crippen LogP contribution in [0.25, 0.3) is 0 Å². The Morgan fingerprint density at radius 3 is 3.14 bits per heavy atom. The van der Waals surface area contributed by atoms with E-state index in [-0.39, 0.29) is 6.61 Å². The minimum atomic E-state index is 0.136. The monoisotopic (exact) mass is 229 g/mol. The highest BCUT2D eigenvalue weighted by Crippen LogP contribution is 2.27. The molecule has 0 aliphatic carbocycles. The Bertz CT molecular complexity index is 281. The molecular formula is C10H15NOS2. The first-order valence-corrected chi connectivity index (χ1v) is 6.98. The minimum Gasteiger partial charge on any atom is -0.391 e. The van der Waals surface area contributed by atoms with Gasteiger partial charge in [-0.05, 0) is 30.3 Å². The maximum Gasteiger partial charge on any atom is 0.0931 e. The summed E-state index contributed by atoms with van der Waals surface area (Å²) in [6, 6.07) is 0. The number of nitrogens with zero attached hydrogens (tertiary/aromatic N) is 1. The molecule has 1 aromatic heterocycles. The molecule has 1 atom stereocenters. The lowest BCUT2D eigenvalue weighted by Crippen LogP contribution is -2.12. The minimum absolute atomic E-state index is 0.136. The molecule has 1 N–H and O–H groups in total. The third kappa shape index (κ3) is 2.72. The summed E-state index contributed by atoms with van der Waals surface area (Å²) in [5.41, 5.74) is 0. The molecule has 1 saturated heterocycles. The molecule has 78 valence electrons. The van der Waals surface area contributed by atoms with Gasteiger partial charge in [0, 0.05) is 12.6 Å². The van der Waals surface area contributed by atoms with Gasteiger partial charge in [-0.1, -0.05) is 0 Å². The molecule has 1 aromatic rings. The second-order valence-corrected chi connectivity index (χ2v) is 6.02. The van der Waals surface area contributed by atoms with Gasteiger partial charge in [0.2, 0.25) is 0 Å². The lowest BCUT2D eigenvalue weighted by Gasteiger charge is -2.19. The van der Waals surface area contributed by atoms with E-state index in [2.05, 4.69) is 16.7 Å². The van der Waals surface area contributed by atoms with E-state index >= 15 is 0 Å². The van der Waals surface area contributed by atoms with Crippen LogP contribution in [0.4, 0.5) is 0 Å². The van der Waals surface area contributed by atoms with Crippen LogP contribution in [0.2, 0.25) is 0 Å². The number of hydrogen-bond acceptors (Lipinski definition) is 4. The molecule has 2 nitrogen and oxygen atoms in total. The van der Waals surface area contributed by atoms with E-state index in [1.807, 2.05) is 0 Å². The normalized spacial score (nSPS) is 22.5. The van der Waals surface area contributed by atoms with Crippen molar-refractivity contribution in [3.63, 3.8) is 0 Å². The molecule has 1 fully saturated rings. The van der Waals surface area contributed by atoms with Crippen LogP contribution in [0, 0.1) is 5.92 Å². The molecule has 0 saturated carbocycles. The third-order valence-corrected chi connectivity index (χ3v) is 4.76. The Hall–Kier alpha value is -0.0600. The van der Waals surface area contributed by atoms with Crippen LogP contribution in [0.15, 0.2) is 6.20 Å². The highest BCUT2D eigenvalue weighted by atomic mass is 32.2. The van der Waals surface area contributed by atoms with Gasteiger partial charge in [-0.2, -0.15) is 11.8 Å². The molecule has 2 rings (SSSR count). The van der Waals surface area contributed by atoms with E-state index in [0.717, 1.165) is 17.2 Å². The van der Waals surface area contributed by atoms with Gasteiger partial charge in [-0.3, -0.25) is 0 Å². The molecule has 2 heterocycles. The lowest BCUT2D eigenvalue weighted by molar-refractivity contribution is 0.285. The maximum atomic E-state index is 8.92. The first-order chi connectivity index (χ1) is 6.88. The number of thiazole rings is 1. The number of hydrogen-bond donors (Lipinski definition) is 1. The predicted octanol–water partition coefficient (Wildman–Crippen LogP) is 2.32. The van der Waals surface area contributed by atoms with E-state index in [4.69, 9.17) is 5.11 Å². The molecule has 0 aromatic carbocycles. The van der Waals surface area contributed by atoms with Crippen molar-refractivity contribution < 1.29 is 5.11 Å². The smallest absolute Gasteiger partial charge is 0.0931 e. The molecular weight excluding hydrogens is 214 g/mol. The van der Waals surface area contributed by atoms with Crippen molar-refractivity contribution in [3.8, 4) is 0 Å². The molecule has 0 radical (unpaired) electrons. The van der Waals surface area contributed by atoms with Crippen molar-refractivity contribution in [2.45, 2.75) is 25.9 Å². The summed E-state index contributed by atoms with van der Waals surface area (Å²) in [6.45, 7) is 0.136. The van der Waals surface area contributed by atoms with Crippen LogP contribution in [-0.4, -0.2) is 21.6 Å². The standard InChI is InChI=1S/C10H15NOS2/c12-6-9-5-11-10(14-9)4-8-2-1-3-13-7-8/h5,8,12H,1-4,6-7H2. The van der Waals surface area contributed by atoms with Crippen molar-refractivity contribution in [2.24, 2.45) is 5.92 Å². The molecule has 0 amide bonds. The summed E-state index contributed by atoms with van der Waals surface area (Å²) < 4.78 is 0. The van der Waals surface area contributed by atoms with Crippen molar-refractivity contribution in [3.05, 3.63) is 16.1 Å². The van der Waals surface area contributed by atoms with E-state index < -0.39 is 0 Å². The van der Waals surface area contributed by atoms with Gasteiger partial charge in [-0.25, -0.2) is 4.98 Å². The molecule has 0 bridgehead atoms. The van der Waals surface area contributed by atoms with Crippen LogP contribution in [0.5, 0.6) is 0 Å². The van der Waals surface area contributed by atoms with Gasteiger partial charge >= 0.3 is 0 Å². The average molecular weight is 229 g/mol. The van der Waals surface area contributed by atoms with Crippen LogP contribution in [0.3, 0.4) is 0 Å². The van der Waals surface area contributed by atoms with Crippen molar-refractivity contribution in [1.82, 2.24) is 4.98 Å². The molecule has 1 aliphatic heterocycles. The fourth-order valence-electron chi connectivity index (χ4n) is 1.73. The highest BCUT2D eigenvalue weighted by molar-refractivity contribution is 7.99. The topological polar surface area (TPSA) is 33.1 Å². The second-order valence-electron chi connectivity index (χ2n) is 3.67.